The van der Waals surface area contributed by atoms with E-state index in [0.717, 1.165) is 55.2 Å². The van der Waals surface area contributed by atoms with E-state index >= 15 is 0 Å². The minimum Gasteiger partial charge on any atom is -0.365 e. The summed E-state index contributed by atoms with van der Waals surface area (Å²) in [6.07, 6.45) is 4.48. The Labute approximate surface area is 202 Å². The van der Waals surface area contributed by atoms with Gasteiger partial charge in [-0.15, -0.1) is 21.5 Å². The molecule has 0 radical (unpaired) electrons. The van der Waals surface area contributed by atoms with E-state index < -0.39 is 5.91 Å². The molecule has 3 aromatic rings. The van der Waals surface area contributed by atoms with Crippen molar-refractivity contribution in [2.24, 2.45) is 11.7 Å². The largest absolute Gasteiger partial charge is 0.365 e. The summed E-state index contributed by atoms with van der Waals surface area (Å²) in [5, 5.41) is 12.9. The van der Waals surface area contributed by atoms with Crippen molar-refractivity contribution in [1.82, 2.24) is 14.8 Å². The van der Waals surface area contributed by atoms with Crippen LogP contribution in [0.3, 0.4) is 0 Å². The molecule has 1 aliphatic rings. The van der Waals surface area contributed by atoms with Crippen LogP contribution in [0.25, 0.3) is 0 Å². The maximum Gasteiger partial charge on any atom is 0.251 e. The number of carbonyl (C=O) groups is 2. The van der Waals surface area contributed by atoms with Gasteiger partial charge in [0.25, 0.3) is 5.91 Å². The lowest BCUT2D eigenvalue weighted by atomic mass is 9.88. The Kier molecular flexibility index (Phi) is 7.49. The first-order valence-corrected chi connectivity index (χ1v) is 13.1. The molecule has 7 nitrogen and oxygen atoms in total. The number of nitrogens with one attached hydrogen (secondary N) is 1. The van der Waals surface area contributed by atoms with Gasteiger partial charge < -0.3 is 15.6 Å². The number of nitrogens with zero attached hydrogens (tertiary/aromatic N) is 3. The number of thioether (sulfide) groups is 1. The Hall–Kier alpha value is -2.65. The Balaban J connectivity index is 1.39. The van der Waals surface area contributed by atoms with Crippen molar-refractivity contribution in [3.8, 4) is 0 Å². The molecule has 0 unspecified atom stereocenters. The van der Waals surface area contributed by atoms with Gasteiger partial charge in [-0.3, -0.25) is 9.59 Å². The number of primary amides is 1. The molecule has 1 aliphatic carbocycles. The van der Waals surface area contributed by atoms with E-state index in [0.29, 0.717) is 16.5 Å². The second kappa shape index (κ2) is 10.5. The first-order valence-electron chi connectivity index (χ1n) is 11.3. The fourth-order valence-electron chi connectivity index (χ4n) is 4.22. The number of rotatable bonds is 9. The first kappa shape index (κ1) is 23.5. The monoisotopic (exact) mass is 483 g/mol. The average Bonchev–Trinajstić information content (AvgIpc) is 3.36. The predicted molar refractivity (Wildman–Crippen MR) is 133 cm³/mol. The topological polar surface area (TPSA) is 103 Å². The normalized spacial score (nSPS) is 15.3. The third kappa shape index (κ3) is 5.47. The SMILES string of the molecule is CCn1c(CCc2ccccc2)nnc1SCC(=O)Nc1sc2c(c1C(N)=O)CC[C@H](C)C2. The zero-order valence-corrected chi connectivity index (χ0v) is 20.6. The highest BCUT2D eigenvalue weighted by atomic mass is 32.2. The van der Waals surface area contributed by atoms with Crippen LogP contribution in [0.5, 0.6) is 0 Å². The van der Waals surface area contributed by atoms with Crippen molar-refractivity contribution < 1.29 is 9.59 Å². The summed E-state index contributed by atoms with van der Waals surface area (Å²) in [7, 11) is 0. The van der Waals surface area contributed by atoms with Crippen LogP contribution in [-0.2, 0) is 37.0 Å². The van der Waals surface area contributed by atoms with E-state index in [1.807, 2.05) is 18.2 Å². The van der Waals surface area contributed by atoms with Crippen molar-refractivity contribution in [3.05, 3.63) is 57.7 Å². The van der Waals surface area contributed by atoms with Crippen LogP contribution in [0.4, 0.5) is 5.00 Å². The molecule has 174 valence electrons. The number of fused-ring (bicyclic) bond motifs is 1. The molecule has 1 atom stereocenters. The number of hydrogen-bond donors (Lipinski definition) is 2. The van der Waals surface area contributed by atoms with E-state index in [-0.39, 0.29) is 11.7 Å². The molecular formula is C24H29N5O2S2. The van der Waals surface area contributed by atoms with E-state index in [2.05, 4.69) is 46.1 Å². The molecular weight excluding hydrogens is 454 g/mol. The van der Waals surface area contributed by atoms with Gasteiger partial charge in [-0.1, -0.05) is 49.0 Å². The fourth-order valence-corrected chi connectivity index (χ4v) is 6.48. The third-order valence-corrected chi connectivity index (χ3v) is 8.07. The number of aryl methyl sites for hydroxylation is 2. The van der Waals surface area contributed by atoms with Gasteiger partial charge >= 0.3 is 0 Å². The fraction of sp³-hybridized carbons (Fsp3) is 0.417. The van der Waals surface area contributed by atoms with Crippen molar-refractivity contribution >= 4 is 39.9 Å². The Morgan fingerprint density at radius 3 is 2.76 bits per heavy atom. The second-order valence-electron chi connectivity index (χ2n) is 8.39. The second-order valence-corrected chi connectivity index (χ2v) is 10.4. The zero-order valence-electron chi connectivity index (χ0n) is 19.0. The number of thiophene rings is 1. The zero-order chi connectivity index (χ0) is 23.4. The minimum atomic E-state index is -0.473. The summed E-state index contributed by atoms with van der Waals surface area (Å²) in [5.74, 6) is 1.03. The van der Waals surface area contributed by atoms with Crippen LogP contribution >= 0.6 is 23.1 Å². The molecule has 0 saturated heterocycles. The molecule has 33 heavy (non-hydrogen) atoms. The molecule has 2 heterocycles. The van der Waals surface area contributed by atoms with Crippen LogP contribution in [-0.4, -0.2) is 32.3 Å². The van der Waals surface area contributed by atoms with Gasteiger partial charge in [0.15, 0.2) is 5.16 Å². The highest BCUT2D eigenvalue weighted by molar-refractivity contribution is 7.99. The maximum absolute atomic E-state index is 12.7. The highest BCUT2D eigenvalue weighted by Gasteiger charge is 2.27. The molecule has 2 aromatic heterocycles. The molecule has 0 saturated carbocycles. The Morgan fingerprint density at radius 2 is 2.03 bits per heavy atom. The van der Waals surface area contributed by atoms with Crippen LogP contribution < -0.4 is 11.1 Å². The summed E-state index contributed by atoms with van der Waals surface area (Å²) < 4.78 is 2.06. The van der Waals surface area contributed by atoms with E-state index in [4.69, 9.17) is 5.73 Å². The summed E-state index contributed by atoms with van der Waals surface area (Å²) in [6.45, 7) is 5.00. The lowest BCUT2D eigenvalue weighted by molar-refractivity contribution is -0.113. The number of aromatic nitrogens is 3. The van der Waals surface area contributed by atoms with Gasteiger partial charge in [0.2, 0.25) is 5.91 Å². The standard InChI is InChI=1S/C24H29N5O2S2/c1-3-29-19(12-10-16-7-5-4-6-8-16)27-28-24(29)32-14-20(30)26-23-21(22(25)31)17-11-9-15(2)13-18(17)33-23/h4-8,15H,3,9-14H2,1-2H3,(H2,25,31)(H,26,30)/t15-/m0/s1. The van der Waals surface area contributed by atoms with Gasteiger partial charge in [-0.05, 0) is 49.7 Å². The van der Waals surface area contributed by atoms with Gasteiger partial charge in [0.05, 0.1) is 11.3 Å². The van der Waals surface area contributed by atoms with Gasteiger partial charge in [0, 0.05) is 17.8 Å². The molecule has 4 rings (SSSR count). The molecule has 0 bridgehead atoms. The Morgan fingerprint density at radius 1 is 1.24 bits per heavy atom. The summed E-state index contributed by atoms with van der Waals surface area (Å²) in [4.78, 5) is 26.0. The number of benzene rings is 1. The molecule has 0 aliphatic heterocycles. The lowest BCUT2D eigenvalue weighted by Gasteiger charge is -2.18. The number of anilines is 1. The summed E-state index contributed by atoms with van der Waals surface area (Å²) >= 11 is 2.84. The number of nitrogens with two attached hydrogens (primary N) is 1. The smallest absolute Gasteiger partial charge is 0.251 e. The van der Waals surface area contributed by atoms with E-state index in [1.165, 1.54) is 33.5 Å². The average molecular weight is 484 g/mol. The number of carbonyl (C=O) groups excluding carboxylic acids is 2. The first-order chi connectivity index (χ1) is 16.0. The highest BCUT2D eigenvalue weighted by Crippen LogP contribution is 2.39. The van der Waals surface area contributed by atoms with Crippen LogP contribution in [0.2, 0.25) is 0 Å². The molecule has 0 fully saturated rings. The minimum absolute atomic E-state index is 0.175. The van der Waals surface area contributed by atoms with Crippen LogP contribution in [0.1, 0.15) is 52.5 Å². The van der Waals surface area contributed by atoms with Gasteiger partial charge in [0.1, 0.15) is 10.8 Å². The van der Waals surface area contributed by atoms with Gasteiger partial charge in [-0.25, -0.2) is 0 Å². The molecule has 9 heteroatoms. The lowest BCUT2D eigenvalue weighted by Crippen LogP contribution is -2.20. The van der Waals surface area contributed by atoms with Crippen molar-refractivity contribution in [2.45, 2.75) is 57.7 Å². The number of hydrogen-bond acceptors (Lipinski definition) is 6. The van der Waals surface area contributed by atoms with Crippen molar-refractivity contribution in [2.75, 3.05) is 11.1 Å². The molecule has 2 amide bonds. The molecule has 3 N–H and O–H groups in total. The summed E-state index contributed by atoms with van der Waals surface area (Å²) in [5.41, 5.74) is 8.42. The van der Waals surface area contributed by atoms with Crippen molar-refractivity contribution in [3.63, 3.8) is 0 Å². The van der Waals surface area contributed by atoms with Crippen LogP contribution in [0.15, 0.2) is 35.5 Å². The van der Waals surface area contributed by atoms with Crippen LogP contribution in [0, 0.1) is 5.92 Å². The number of amides is 2. The predicted octanol–water partition coefficient (Wildman–Crippen LogP) is 4.10. The van der Waals surface area contributed by atoms with E-state index in [1.54, 1.807) is 0 Å². The molecule has 0 spiro atoms. The Bertz CT molecular complexity index is 1140. The molecule has 1 aromatic carbocycles. The summed E-state index contributed by atoms with van der Waals surface area (Å²) in [6, 6.07) is 10.3. The van der Waals surface area contributed by atoms with Crippen molar-refractivity contribution in [1.29, 1.82) is 0 Å². The van der Waals surface area contributed by atoms with Gasteiger partial charge in [-0.2, -0.15) is 0 Å². The van der Waals surface area contributed by atoms with E-state index in [9.17, 15) is 9.59 Å². The maximum atomic E-state index is 12.7. The third-order valence-electron chi connectivity index (χ3n) is 5.93. The quantitative estimate of drug-likeness (QED) is 0.446.